The Kier molecular flexibility index (Phi) is 6.77. The van der Waals surface area contributed by atoms with E-state index in [9.17, 15) is 4.79 Å². The predicted octanol–water partition coefficient (Wildman–Crippen LogP) is 2.11. The lowest BCUT2D eigenvalue weighted by molar-refractivity contribution is -0.135. The number of likely N-dealkylation sites (tertiary alicyclic amines) is 1. The number of aliphatic imine (C=N–C) groups is 1. The molecule has 0 aromatic carbocycles. The second-order valence-electron chi connectivity index (χ2n) is 6.74. The molecule has 1 amide bonds. The summed E-state index contributed by atoms with van der Waals surface area (Å²) in [5.41, 5.74) is 0. The Morgan fingerprint density at radius 3 is 2.32 bits per heavy atom. The lowest BCUT2D eigenvalue weighted by Gasteiger charge is -2.26. The average molecular weight is 420 g/mol. The Morgan fingerprint density at radius 1 is 1.00 bits per heavy atom. The first-order valence-electron chi connectivity index (χ1n) is 8.55. The third-order valence-corrected chi connectivity index (χ3v) is 4.94. The highest BCUT2D eigenvalue weighted by Crippen LogP contribution is 2.26. The highest BCUT2D eigenvalue weighted by atomic mass is 127. The van der Waals surface area contributed by atoms with E-state index in [2.05, 4.69) is 20.5 Å². The fourth-order valence-electron chi connectivity index (χ4n) is 3.47. The van der Waals surface area contributed by atoms with Crippen molar-refractivity contribution in [2.24, 2.45) is 10.9 Å². The molecule has 1 atom stereocenters. The summed E-state index contributed by atoms with van der Waals surface area (Å²) in [6, 6.07) is 0.958. The van der Waals surface area contributed by atoms with Gasteiger partial charge in [-0.05, 0) is 32.1 Å². The molecule has 6 heteroatoms. The summed E-state index contributed by atoms with van der Waals surface area (Å²) >= 11 is 0. The van der Waals surface area contributed by atoms with E-state index in [0.717, 1.165) is 38.3 Å². The summed E-state index contributed by atoms with van der Waals surface area (Å²) in [6.45, 7) is 1.73. The van der Waals surface area contributed by atoms with E-state index in [1.165, 1.54) is 32.1 Å². The number of halogens is 1. The Balaban J connectivity index is 0.00000176. The van der Waals surface area contributed by atoms with E-state index >= 15 is 0 Å². The van der Waals surface area contributed by atoms with Gasteiger partial charge >= 0.3 is 0 Å². The van der Waals surface area contributed by atoms with Crippen molar-refractivity contribution in [2.45, 2.75) is 63.5 Å². The number of rotatable bonds is 3. The summed E-state index contributed by atoms with van der Waals surface area (Å²) in [5.74, 6) is 1.58. The maximum atomic E-state index is 12.5. The lowest BCUT2D eigenvalue weighted by atomic mass is 9.88. The first-order valence-corrected chi connectivity index (χ1v) is 8.55. The molecule has 0 spiro atoms. The normalized spacial score (nSPS) is 26.5. The topological polar surface area (TPSA) is 56.7 Å². The van der Waals surface area contributed by atoms with Crippen LogP contribution in [0.2, 0.25) is 0 Å². The van der Waals surface area contributed by atoms with Gasteiger partial charge in [-0.2, -0.15) is 0 Å². The zero-order valence-corrected chi connectivity index (χ0v) is 15.8. The molecule has 0 aromatic heterocycles. The van der Waals surface area contributed by atoms with Crippen molar-refractivity contribution < 1.29 is 4.79 Å². The fourth-order valence-corrected chi connectivity index (χ4v) is 3.47. The molecule has 0 radical (unpaired) electrons. The second-order valence-corrected chi connectivity index (χ2v) is 6.74. The molecule has 3 rings (SSSR count). The minimum atomic E-state index is 0. The highest BCUT2D eigenvalue weighted by molar-refractivity contribution is 14.0. The number of carbonyl (C=O) groups excluding carboxylic acids is 1. The van der Waals surface area contributed by atoms with Gasteiger partial charge in [-0.1, -0.05) is 19.3 Å². The number of nitrogens with one attached hydrogen (secondary N) is 2. The summed E-state index contributed by atoms with van der Waals surface area (Å²) < 4.78 is 0. The molecular formula is C16H29IN4O. The van der Waals surface area contributed by atoms with E-state index in [4.69, 9.17) is 0 Å². The van der Waals surface area contributed by atoms with E-state index in [1.54, 1.807) is 0 Å². The van der Waals surface area contributed by atoms with Crippen LogP contribution < -0.4 is 10.6 Å². The van der Waals surface area contributed by atoms with Gasteiger partial charge < -0.3 is 15.5 Å². The smallest absolute Gasteiger partial charge is 0.225 e. The third-order valence-electron chi connectivity index (χ3n) is 4.94. The van der Waals surface area contributed by atoms with Gasteiger partial charge in [-0.25, -0.2) is 0 Å². The second kappa shape index (κ2) is 8.36. The average Bonchev–Trinajstić information content (AvgIpc) is 3.22. The summed E-state index contributed by atoms with van der Waals surface area (Å²) in [6.07, 6.45) is 9.47. The molecule has 2 aliphatic carbocycles. The Morgan fingerprint density at radius 2 is 1.68 bits per heavy atom. The summed E-state index contributed by atoms with van der Waals surface area (Å²) in [5, 5.41) is 6.88. The Labute approximate surface area is 150 Å². The Bertz CT molecular complexity index is 405. The molecule has 3 fully saturated rings. The van der Waals surface area contributed by atoms with Gasteiger partial charge in [0.1, 0.15) is 0 Å². The van der Waals surface area contributed by atoms with Crippen LogP contribution in [-0.4, -0.2) is 49.0 Å². The van der Waals surface area contributed by atoms with Gasteiger partial charge in [0.05, 0.1) is 0 Å². The molecule has 2 N–H and O–H groups in total. The van der Waals surface area contributed by atoms with Crippen molar-refractivity contribution in [3.05, 3.63) is 0 Å². The quantitative estimate of drug-likeness (QED) is 0.418. The first-order chi connectivity index (χ1) is 10.3. The standard InChI is InChI=1S/C16H28N4O.HI/c1-17-16(18-13-7-8-13)19-14-9-10-20(11-14)15(21)12-5-3-2-4-6-12;/h12-14H,2-11H2,1H3,(H2,17,18,19);1H. The van der Waals surface area contributed by atoms with Crippen molar-refractivity contribution in [1.29, 1.82) is 0 Å². The van der Waals surface area contributed by atoms with Crippen LogP contribution >= 0.6 is 24.0 Å². The zero-order chi connectivity index (χ0) is 14.7. The van der Waals surface area contributed by atoms with Gasteiger partial charge in [0.2, 0.25) is 5.91 Å². The van der Waals surface area contributed by atoms with Crippen LogP contribution in [0.5, 0.6) is 0 Å². The number of amides is 1. The van der Waals surface area contributed by atoms with Gasteiger partial charge in [0.25, 0.3) is 0 Å². The van der Waals surface area contributed by atoms with Gasteiger partial charge in [-0.3, -0.25) is 9.79 Å². The van der Waals surface area contributed by atoms with Crippen LogP contribution in [0.3, 0.4) is 0 Å². The molecule has 1 unspecified atom stereocenters. The number of hydrogen-bond donors (Lipinski definition) is 2. The largest absolute Gasteiger partial charge is 0.354 e. The van der Waals surface area contributed by atoms with E-state index < -0.39 is 0 Å². The number of guanidine groups is 1. The molecule has 22 heavy (non-hydrogen) atoms. The number of carbonyl (C=O) groups is 1. The van der Waals surface area contributed by atoms with Crippen molar-refractivity contribution in [2.75, 3.05) is 20.1 Å². The molecule has 2 saturated carbocycles. The summed E-state index contributed by atoms with van der Waals surface area (Å²) in [4.78, 5) is 18.9. The molecule has 0 aromatic rings. The SMILES string of the molecule is CN=C(NC1CC1)NC1CCN(C(=O)C2CCCCC2)C1.I. The molecule has 0 bridgehead atoms. The highest BCUT2D eigenvalue weighted by Gasteiger charge is 2.32. The van der Waals surface area contributed by atoms with Crippen LogP contribution in [0.1, 0.15) is 51.4 Å². The van der Waals surface area contributed by atoms with Gasteiger partial charge in [0, 0.05) is 38.1 Å². The molecule has 1 aliphatic heterocycles. The van der Waals surface area contributed by atoms with Crippen LogP contribution in [-0.2, 0) is 4.79 Å². The van der Waals surface area contributed by atoms with E-state index in [0.29, 0.717) is 23.9 Å². The van der Waals surface area contributed by atoms with Crippen LogP contribution in [0, 0.1) is 5.92 Å². The van der Waals surface area contributed by atoms with Crippen LogP contribution in [0.15, 0.2) is 4.99 Å². The predicted molar refractivity (Wildman–Crippen MR) is 99.6 cm³/mol. The third kappa shape index (κ3) is 4.73. The van der Waals surface area contributed by atoms with Gasteiger partial charge in [0.15, 0.2) is 5.96 Å². The Hall–Kier alpha value is -0.530. The minimum Gasteiger partial charge on any atom is -0.354 e. The molecule has 5 nitrogen and oxygen atoms in total. The molecular weight excluding hydrogens is 391 g/mol. The zero-order valence-electron chi connectivity index (χ0n) is 13.5. The monoisotopic (exact) mass is 420 g/mol. The molecule has 1 heterocycles. The van der Waals surface area contributed by atoms with E-state index in [-0.39, 0.29) is 24.0 Å². The van der Waals surface area contributed by atoms with Crippen molar-refractivity contribution >= 4 is 35.8 Å². The van der Waals surface area contributed by atoms with Crippen LogP contribution in [0.25, 0.3) is 0 Å². The van der Waals surface area contributed by atoms with Crippen LogP contribution in [0.4, 0.5) is 0 Å². The van der Waals surface area contributed by atoms with Gasteiger partial charge in [-0.15, -0.1) is 24.0 Å². The number of nitrogens with zero attached hydrogens (tertiary/aromatic N) is 2. The van der Waals surface area contributed by atoms with E-state index in [1.807, 2.05) is 7.05 Å². The molecule has 126 valence electrons. The lowest BCUT2D eigenvalue weighted by Crippen LogP contribution is -2.46. The van der Waals surface area contributed by atoms with Crippen molar-refractivity contribution in [1.82, 2.24) is 15.5 Å². The minimum absolute atomic E-state index is 0. The fraction of sp³-hybridized carbons (Fsp3) is 0.875. The van der Waals surface area contributed by atoms with Crippen molar-refractivity contribution in [3.8, 4) is 0 Å². The maximum Gasteiger partial charge on any atom is 0.225 e. The number of hydrogen-bond acceptors (Lipinski definition) is 2. The molecule has 3 aliphatic rings. The van der Waals surface area contributed by atoms with Crippen molar-refractivity contribution in [3.63, 3.8) is 0 Å². The maximum absolute atomic E-state index is 12.5. The summed E-state index contributed by atoms with van der Waals surface area (Å²) in [7, 11) is 1.82. The molecule has 1 saturated heterocycles. The first kappa shape index (κ1) is 17.8.